The van der Waals surface area contributed by atoms with E-state index in [0.29, 0.717) is 0 Å². The summed E-state index contributed by atoms with van der Waals surface area (Å²) >= 11 is 0. The van der Waals surface area contributed by atoms with E-state index >= 15 is 0 Å². The number of hydrogen-bond donors (Lipinski definition) is 0. The van der Waals surface area contributed by atoms with Crippen LogP contribution >= 0.6 is 0 Å². The predicted octanol–water partition coefficient (Wildman–Crippen LogP) is 13.7. The van der Waals surface area contributed by atoms with Crippen molar-refractivity contribution in [2.45, 2.75) is 0 Å². The van der Waals surface area contributed by atoms with E-state index in [1.165, 1.54) is 54.4 Å². The van der Waals surface area contributed by atoms with E-state index in [0.717, 1.165) is 50.6 Å². The molecule has 0 amide bonds. The van der Waals surface area contributed by atoms with Crippen molar-refractivity contribution in [3.63, 3.8) is 0 Å². The third kappa shape index (κ3) is 4.84. The van der Waals surface area contributed by atoms with Crippen molar-refractivity contribution in [1.82, 2.24) is 18.7 Å². The Hall–Kier alpha value is -7.69. The maximum atomic E-state index is 5.20. The summed E-state index contributed by atoms with van der Waals surface area (Å²) < 4.78 is 7.17. The molecule has 0 fully saturated rings. The van der Waals surface area contributed by atoms with E-state index in [-0.39, 0.29) is 0 Å². The summed E-state index contributed by atoms with van der Waals surface area (Å²) in [7, 11) is 0. The van der Waals surface area contributed by atoms with Crippen molar-refractivity contribution in [3.05, 3.63) is 206 Å². The van der Waals surface area contributed by atoms with Gasteiger partial charge in [0.1, 0.15) is 5.82 Å². The molecule has 0 spiro atoms. The fraction of sp³-hybridized carbons (Fsp3) is 0. The largest absolute Gasteiger partial charge is 0.309 e. The van der Waals surface area contributed by atoms with Crippen LogP contribution in [-0.2, 0) is 0 Å². The number of rotatable bonds is 5. The summed E-state index contributed by atoms with van der Waals surface area (Å²) in [5.74, 6) is 0.900. The highest BCUT2D eigenvalue weighted by atomic mass is 15.1. The summed E-state index contributed by atoms with van der Waals surface area (Å²) in [6.45, 7) is 0. The Balaban J connectivity index is 1.12. The number of fused-ring (bicyclic) bond motifs is 9. The lowest BCUT2D eigenvalue weighted by molar-refractivity contribution is 1.08. The van der Waals surface area contributed by atoms with Gasteiger partial charge in [-0.05, 0) is 83.9 Å². The van der Waals surface area contributed by atoms with Gasteiger partial charge >= 0.3 is 0 Å². The van der Waals surface area contributed by atoms with Crippen LogP contribution in [0, 0.1) is 0 Å². The molecule has 0 bridgehead atoms. The Bertz CT molecular complexity index is 3290. The van der Waals surface area contributed by atoms with Gasteiger partial charge in [0, 0.05) is 49.3 Å². The SMILES string of the molecule is c1ccc(-c2cccc(-n3c4ccccc4c4cc(-c5cc(-n6c7ccccc7c7ccccc76)cc(-n6c7ccccc7c7ccccc76)c5)ccc43)n2)cc1. The molecule has 12 rings (SSSR count). The molecular formula is C53H34N4. The van der Waals surface area contributed by atoms with Crippen molar-refractivity contribution in [2.24, 2.45) is 0 Å². The first-order valence-electron chi connectivity index (χ1n) is 19.5. The maximum absolute atomic E-state index is 5.20. The lowest BCUT2D eigenvalue weighted by Gasteiger charge is -2.16. The molecule has 12 aromatic rings. The minimum atomic E-state index is 0.900. The first kappa shape index (κ1) is 31.6. The van der Waals surface area contributed by atoms with E-state index in [2.05, 4.69) is 214 Å². The second-order valence-electron chi connectivity index (χ2n) is 14.8. The Labute approximate surface area is 328 Å². The monoisotopic (exact) mass is 726 g/mol. The van der Waals surface area contributed by atoms with Crippen LogP contribution < -0.4 is 0 Å². The molecule has 0 radical (unpaired) electrons. The van der Waals surface area contributed by atoms with Crippen molar-refractivity contribution in [1.29, 1.82) is 0 Å². The van der Waals surface area contributed by atoms with Crippen LogP contribution in [0.4, 0.5) is 0 Å². The van der Waals surface area contributed by atoms with Gasteiger partial charge in [0.05, 0.1) is 38.8 Å². The minimum absolute atomic E-state index is 0.900. The molecule has 57 heavy (non-hydrogen) atoms. The molecule has 4 heteroatoms. The molecule has 4 heterocycles. The Morgan fingerprint density at radius 1 is 0.263 bits per heavy atom. The highest BCUT2D eigenvalue weighted by molar-refractivity contribution is 6.12. The first-order chi connectivity index (χ1) is 28.3. The summed E-state index contributed by atoms with van der Waals surface area (Å²) in [5, 5.41) is 7.37. The molecule has 0 N–H and O–H groups in total. The molecule has 4 nitrogen and oxygen atoms in total. The average Bonchev–Trinajstić information content (AvgIpc) is 3.92. The predicted molar refractivity (Wildman–Crippen MR) is 238 cm³/mol. The van der Waals surface area contributed by atoms with Gasteiger partial charge < -0.3 is 9.13 Å². The maximum Gasteiger partial charge on any atom is 0.138 e. The van der Waals surface area contributed by atoms with Crippen LogP contribution in [0.15, 0.2) is 206 Å². The molecule has 0 aliphatic heterocycles. The second-order valence-corrected chi connectivity index (χ2v) is 14.8. The highest BCUT2D eigenvalue weighted by Crippen LogP contribution is 2.40. The number of para-hydroxylation sites is 5. The Morgan fingerprint density at radius 3 is 1.23 bits per heavy atom. The van der Waals surface area contributed by atoms with Crippen LogP contribution in [-0.4, -0.2) is 18.7 Å². The summed E-state index contributed by atoms with van der Waals surface area (Å²) in [6.07, 6.45) is 0. The topological polar surface area (TPSA) is 27.7 Å². The van der Waals surface area contributed by atoms with Crippen LogP contribution in [0.5, 0.6) is 0 Å². The first-order valence-corrected chi connectivity index (χ1v) is 19.5. The van der Waals surface area contributed by atoms with Gasteiger partial charge in [-0.25, -0.2) is 4.98 Å². The van der Waals surface area contributed by atoms with Gasteiger partial charge in [-0.2, -0.15) is 0 Å². The van der Waals surface area contributed by atoms with E-state index in [1.807, 2.05) is 6.07 Å². The second kappa shape index (κ2) is 12.4. The van der Waals surface area contributed by atoms with Crippen molar-refractivity contribution < 1.29 is 0 Å². The van der Waals surface area contributed by atoms with Gasteiger partial charge in [0.15, 0.2) is 0 Å². The van der Waals surface area contributed by atoms with E-state index in [1.54, 1.807) is 0 Å². The number of aromatic nitrogens is 4. The Morgan fingerprint density at radius 2 is 0.702 bits per heavy atom. The lowest BCUT2D eigenvalue weighted by atomic mass is 10.0. The summed E-state index contributed by atoms with van der Waals surface area (Å²) in [5.41, 5.74) is 13.6. The van der Waals surface area contributed by atoms with E-state index in [9.17, 15) is 0 Å². The van der Waals surface area contributed by atoms with Gasteiger partial charge in [-0.3, -0.25) is 4.57 Å². The molecule has 0 aliphatic carbocycles. The number of pyridine rings is 1. The van der Waals surface area contributed by atoms with E-state index in [4.69, 9.17) is 4.98 Å². The molecule has 266 valence electrons. The van der Waals surface area contributed by atoms with Crippen LogP contribution in [0.2, 0.25) is 0 Å². The van der Waals surface area contributed by atoms with Crippen molar-refractivity contribution >= 4 is 65.4 Å². The number of benzene rings is 8. The molecule has 0 atom stereocenters. The van der Waals surface area contributed by atoms with Crippen LogP contribution in [0.25, 0.3) is 105 Å². The fourth-order valence-electron chi connectivity index (χ4n) is 9.14. The van der Waals surface area contributed by atoms with Crippen LogP contribution in [0.3, 0.4) is 0 Å². The quantitative estimate of drug-likeness (QED) is 0.174. The summed E-state index contributed by atoms with van der Waals surface area (Å²) in [4.78, 5) is 5.20. The zero-order chi connectivity index (χ0) is 37.5. The molecule has 0 saturated carbocycles. The van der Waals surface area contributed by atoms with E-state index < -0.39 is 0 Å². The molecule has 4 aromatic heterocycles. The molecule has 8 aromatic carbocycles. The standard InChI is InChI=1S/C53H34N4/c1-2-15-35(16-3-1)46-22-14-28-53(54-46)57-51-27-13-8-21-44(51)45-33-36(29-30-52(45)57)37-31-38(55-47-23-9-4-17-40(47)41-18-5-10-24-48(41)55)34-39(32-37)56-49-25-11-6-19-42(49)43-20-7-12-26-50(43)56/h1-34H. The van der Waals surface area contributed by atoms with Gasteiger partial charge in [0.2, 0.25) is 0 Å². The fourth-order valence-corrected chi connectivity index (χ4v) is 9.14. The molecular weight excluding hydrogens is 693 g/mol. The zero-order valence-electron chi connectivity index (χ0n) is 30.9. The molecule has 0 saturated heterocycles. The normalized spacial score (nSPS) is 11.9. The zero-order valence-corrected chi connectivity index (χ0v) is 30.9. The third-order valence-corrected chi connectivity index (χ3v) is 11.6. The average molecular weight is 727 g/mol. The van der Waals surface area contributed by atoms with Gasteiger partial charge in [-0.15, -0.1) is 0 Å². The van der Waals surface area contributed by atoms with Crippen molar-refractivity contribution in [3.8, 4) is 39.6 Å². The van der Waals surface area contributed by atoms with Gasteiger partial charge in [0.25, 0.3) is 0 Å². The summed E-state index contributed by atoms with van der Waals surface area (Å²) in [6, 6.07) is 74.4. The lowest BCUT2D eigenvalue weighted by Crippen LogP contribution is -2.00. The van der Waals surface area contributed by atoms with Gasteiger partial charge in [-0.1, -0.05) is 133 Å². The number of nitrogens with zero attached hydrogens (tertiary/aromatic N) is 4. The smallest absolute Gasteiger partial charge is 0.138 e. The molecule has 0 aliphatic rings. The Kier molecular flexibility index (Phi) is 6.89. The minimum Gasteiger partial charge on any atom is -0.309 e. The van der Waals surface area contributed by atoms with Crippen LogP contribution in [0.1, 0.15) is 0 Å². The number of hydrogen-bond acceptors (Lipinski definition) is 1. The highest BCUT2D eigenvalue weighted by Gasteiger charge is 2.19. The molecule has 0 unspecified atom stereocenters. The third-order valence-electron chi connectivity index (χ3n) is 11.6. The van der Waals surface area contributed by atoms with Crippen molar-refractivity contribution in [2.75, 3.05) is 0 Å².